The van der Waals surface area contributed by atoms with Crippen LogP contribution in [0.15, 0.2) is 85.5 Å². The minimum absolute atomic E-state index is 0.0869. The van der Waals surface area contributed by atoms with Gasteiger partial charge in [0.15, 0.2) is 11.6 Å². The number of anilines is 1. The van der Waals surface area contributed by atoms with Gasteiger partial charge < -0.3 is 14.1 Å². The van der Waals surface area contributed by atoms with E-state index in [0.29, 0.717) is 24.3 Å². The number of benzene rings is 3. The Morgan fingerprint density at radius 1 is 1.00 bits per heavy atom. The predicted molar refractivity (Wildman–Crippen MR) is 172 cm³/mol. The quantitative estimate of drug-likeness (QED) is 0.174. The van der Waals surface area contributed by atoms with Crippen molar-refractivity contribution in [2.75, 3.05) is 18.0 Å². The molecule has 1 aliphatic rings. The lowest BCUT2D eigenvalue weighted by molar-refractivity contribution is -0.00532. The van der Waals surface area contributed by atoms with Gasteiger partial charge in [0.2, 0.25) is 0 Å². The van der Waals surface area contributed by atoms with Crippen LogP contribution >= 0.6 is 11.6 Å². The van der Waals surface area contributed by atoms with Crippen molar-refractivity contribution in [1.29, 1.82) is 0 Å². The minimum atomic E-state index is -2.96. The third kappa shape index (κ3) is 6.15. The van der Waals surface area contributed by atoms with Gasteiger partial charge in [0.25, 0.3) is 8.32 Å². The average Bonchev–Trinajstić information content (AvgIpc) is 2.99. The Bertz CT molecular complexity index is 1520. The van der Waals surface area contributed by atoms with E-state index >= 15 is 4.39 Å². The summed E-state index contributed by atoms with van der Waals surface area (Å²) in [5.41, 5.74) is 1.21. The van der Waals surface area contributed by atoms with Crippen LogP contribution in [0.3, 0.4) is 0 Å². The first-order valence-electron chi connectivity index (χ1n) is 14.5. The molecule has 2 atom stereocenters. The molecule has 5 rings (SSSR count). The number of carbonyl (C=O) groups is 1. The van der Waals surface area contributed by atoms with Crippen LogP contribution in [0.5, 0.6) is 0 Å². The second-order valence-electron chi connectivity index (χ2n) is 12.1. The number of nitrogens with zero attached hydrogens (tertiary/aromatic N) is 3. The van der Waals surface area contributed by atoms with Crippen molar-refractivity contribution in [2.24, 2.45) is 0 Å². The molecule has 0 spiro atoms. The Morgan fingerprint density at radius 3 is 2.05 bits per heavy atom. The summed E-state index contributed by atoms with van der Waals surface area (Å²) in [7, 11) is -2.96. The molecule has 0 N–H and O–H groups in total. The number of ether oxygens (including phenoxy) is 1. The van der Waals surface area contributed by atoms with E-state index in [-0.39, 0.29) is 40.0 Å². The van der Waals surface area contributed by atoms with Crippen LogP contribution in [0.1, 0.15) is 56.1 Å². The highest BCUT2D eigenvalue weighted by Gasteiger charge is 2.50. The number of aromatic nitrogens is 2. The summed E-state index contributed by atoms with van der Waals surface area (Å²) in [5.74, 6) is -1.31. The number of carbonyl (C=O) groups excluding carboxylic acids is 1. The first kappa shape index (κ1) is 31.0. The molecule has 3 aromatic carbocycles. The fourth-order valence-corrected chi connectivity index (χ4v) is 11.0. The summed E-state index contributed by atoms with van der Waals surface area (Å²) in [6.07, 6.45) is 3.90. The molecule has 9 heteroatoms. The van der Waals surface area contributed by atoms with Gasteiger partial charge in [0.05, 0.1) is 35.6 Å². The first-order valence-corrected chi connectivity index (χ1v) is 16.8. The van der Waals surface area contributed by atoms with Crippen LogP contribution in [0, 0.1) is 5.82 Å². The Labute approximate surface area is 259 Å². The van der Waals surface area contributed by atoms with Crippen molar-refractivity contribution in [2.45, 2.75) is 58.5 Å². The molecule has 0 saturated carbocycles. The van der Waals surface area contributed by atoms with Gasteiger partial charge >= 0.3 is 0 Å². The second-order valence-corrected chi connectivity index (χ2v) is 16.8. The maximum atomic E-state index is 16.0. The van der Waals surface area contributed by atoms with Crippen molar-refractivity contribution in [1.82, 2.24) is 9.97 Å². The first-order chi connectivity index (χ1) is 20.5. The molecule has 1 saturated heterocycles. The predicted octanol–water partition coefficient (Wildman–Crippen LogP) is 6.19. The molecule has 0 radical (unpaired) electrons. The number of hydrogen-bond donors (Lipinski definition) is 0. The van der Waals surface area contributed by atoms with Crippen LogP contribution in [-0.2, 0) is 15.8 Å². The fraction of sp³-hybridized carbons (Fsp3) is 0.324. The Hall–Kier alpha value is -3.43. The minimum Gasteiger partial charge on any atom is -0.403 e. The van der Waals surface area contributed by atoms with Gasteiger partial charge in [-0.15, -0.1) is 0 Å². The number of rotatable bonds is 8. The van der Waals surface area contributed by atoms with Crippen molar-refractivity contribution in [3.05, 3.63) is 113 Å². The second kappa shape index (κ2) is 12.7. The molecule has 0 bridgehead atoms. The number of morpholine rings is 1. The molecule has 4 aromatic rings. The zero-order valence-electron chi connectivity index (χ0n) is 25.2. The van der Waals surface area contributed by atoms with E-state index in [1.165, 1.54) is 18.7 Å². The van der Waals surface area contributed by atoms with Gasteiger partial charge in [-0.3, -0.25) is 4.79 Å². The number of hydrogen-bond acceptors (Lipinski definition) is 6. The van der Waals surface area contributed by atoms with Crippen molar-refractivity contribution in [3.63, 3.8) is 0 Å². The molecule has 1 aliphatic heterocycles. The zero-order valence-corrected chi connectivity index (χ0v) is 26.9. The van der Waals surface area contributed by atoms with Crippen molar-refractivity contribution < 1.29 is 18.3 Å². The number of halogens is 2. The monoisotopic (exact) mass is 617 g/mol. The standard InChI is InChI=1S/C34H37ClFN3O3Si/c1-23-19-39(20-24(2)42-23)32-25(16-29(31(36)30(32)35)33(40)26-17-37-22-38-18-26)21-41-43(34(3,4)5,27-12-8-6-9-13-27)28-14-10-7-11-15-28/h6-18,22-24H,19-21H2,1-5H3/t23-,24+. The highest BCUT2D eigenvalue weighted by molar-refractivity contribution is 6.99. The van der Waals surface area contributed by atoms with Crippen molar-refractivity contribution in [3.8, 4) is 0 Å². The fourth-order valence-electron chi connectivity index (χ4n) is 6.17. The lowest BCUT2D eigenvalue weighted by Crippen LogP contribution is -2.66. The van der Waals surface area contributed by atoms with Gasteiger partial charge in [-0.05, 0) is 35.3 Å². The summed E-state index contributed by atoms with van der Waals surface area (Å²) in [6, 6.07) is 22.2. The molecular formula is C34H37ClFN3O3Si. The van der Waals surface area contributed by atoms with E-state index < -0.39 is 19.9 Å². The van der Waals surface area contributed by atoms with Gasteiger partial charge in [0.1, 0.15) is 11.3 Å². The highest BCUT2D eigenvalue weighted by Crippen LogP contribution is 2.41. The average molecular weight is 618 g/mol. The summed E-state index contributed by atoms with van der Waals surface area (Å²) < 4.78 is 29.2. The SMILES string of the molecule is C[C@@H]1CN(c2c(CO[Si](c3ccccc3)(c3ccccc3)C(C)(C)C)cc(C(=O)c3cncnc3)c(F)c2Cl)C[C@H](C)O1. The highest BCUT2D eigenvalue weighted by atomic mass is 35.5. The van der Waals surface area contributed by atoms with Crippen LogP contribution in [0.2, 0.25) is 10.1 Å². The topological polar surface area (TPSA) is 64.5 Å². The summed E-state index contributed by atoms with van der Waals surface area (Å²) in [4.78, 5) is 23.5. The lowest BCUT2D eigenvalue weighted by atomic mass is 10.00. The maximum Gasteiger partial charge on any atom is 0.261 e. The largest absolute Gasteiger partial charge is 0.403 e. The van der Waals surface area contributed by atoms with Gasteiger partial charge in [-0.2, -0.15) is 0 Å². The molecule has 1 aromatic heterocycles. The van der Waals surface area contributed by atoms with Crippen LogP contribution < -0.4 is 15.3 Å². The molecule has 0 amide bonds. The molecule has 1 fully saturated rings. The summed E-state index contributed by atoms with van der Waals surface area (Å²) >= 11 is 6.85. The van der Waals surface area contributed by atoms with Crippen LogP contribution in [0.25, 0.3) is 0 Å². The molecule has 43 heavy (non-hydrogen) atoms. The van der Waals surface area contributed by atoms with E-state index in [1.54, 1.807) is 6.07 Å². The van der Waals surface area contributed by atoms with E-state index in [4.69, 9.17) is 20.8 Å². The third-order valence-electron chi connectivity index (χ3n) is 7.92. The summed E-state index contributed by atoms with van der Waals surface area (Å²) in [5, 5.41) is 1.86. The third-order valence-corrected chi connectivity index (χ3v) is 13.3. The summed E-state index contributed by atoms with van der Waals surface area (Å²) in [6.45, 7) is 11.7. The maximum absolute atomic E-state index is 16.0. The Balaban J connectivity index is 1.68. The van der Waals surface area contributed by atoms with Crippen molar-refractivity contribution >= 4 is 41.8 Å². The smallest absolute Gasteiger partial charge is 0.261 e. The van der Waals surface area contributed by atoms with E-state index in [0.717, 1.165) is 10.4 Å². The van der Waals surface area contributed by atoms with Gasteiger partial charge in [0, 0.05) is 31.0 Å². The molecule has 2 heterocycles. The molecule has 224 valence electrons. The lowest BCUT2D eigenvalue weighted by Gasteiger charge is -2.43. The van der Waals surface area contributed by atoms with Gasteiger partial charge in [-0.1, -0.05) is 93.0 Å². The normalized spacial score (nSPS) is 17.6. The van der Waals surface area contributed by atoms with Crippen LogP contribution in [0.4, 0.5) is 10.1 Å². The van der Waals surface area contributed by atoms with E-state index in [1.807, 2.05) is 55.1 Å². The molecule has 0 aliphatic carbocycles. The van der Waals surface area contributed by atoms with Gasteiger partial charge in [-0.25, -0.2) is 14.4 Å². The van der Waals surface area contributed by atoms with E-state index in [2.05, 4.69) is 55.0 Å². The molecule has 6 nitrogen and oxygen atoms in total. The van der Waals surface area contributed by atoms with E-state index in [9.17, 15) is 4.79 Å². The molecular weight excluding hydrogens is 581 g/mol. The zero-order chi connectivity index (χ0) is 30.8. The Kier molecular flexibility index (Phi) is 9.13. The Morgan fingerprint density at radius 2 is 1.53 bits per heavy atom. The molecule has 0 unspecified atom stereocenters. The van der Waals surface area contributed by atoms with Crippen LogP contribution in [-0.4, -0.2) is 49.4 Å². The number of ketones is 1.